The predicted octanol–water partition coefficient (Wildman–Crippen LogP) is 5.18. The molecule has 4 heteroatoms. The van der Waals surface area contributed by atoms with Crippen molar-refractivity contribution in [2.24, 2.45) is 0 Å². The van der Waals surface area contributed by atoms with E-state index in [1.165, 1.54) is 6.07 Å². The standard InChI is InChI=1S/C16H10BrNO2/c17-12-9-11-5-1-2-6-13(11)15(10-12)14-7-3-4-8-16(14)18(19)20/h1-10H. The molecule has 0 radical (unpaired) electrons. The third kappa shape index (κ3) is 2.18. The van der Waals surface area contributed by atoms with Gasteiger partial charge in [-0.2, -0.15) is 0 Å². The SMILES string of the molecule is O=[N+]([O-])c1ccccc1-c1cc(Br)cc2ccccc12. The number of fused-ring (bicyclic) bond motifs is 1. The van der Waals surface area contributed by atoms with Gasteiger partial charge in [-0.3, -0.25) is 10.1 Å². The number of nitrogens with zero attached hydrogens (tertiary/aromatic N) is 1. The van der Waals surface area contributed by atoms with Crippen LogP contribution in [0.3, 0.4) is 0 Å². The first kappa shape index (κ1) is 12.8. The summed E-state index contributed by atoms with van der Waals surface area (Å²) in [5, 5.41) is 13.3. The minimum absolute atomic E-state index is 0.121. The number of hydrogen-bond acceptors (Lipinski definition) is 2. The van der Waals surface area contributed by atoms with Crippen molar-refractivity contribution in [3.05, 3.63) is 75.3 Å². The number of benzene rings is 3. The predicted molar refractivity (Wildman–Crippen MR) is 83.7 cm³/mol. The summed E-state index contributed by atoms with van der Waals surface area (Å²) >= 11 is 3.47. The van der Waals surface area contributed by atoms with E-state index in [4.69, 9.17) is 0 Å². The number of rotatable bonds is 2. The second-order valence-corrected chi connectivity index (χ2v) is 5.36. The van der Waals surface area contributed by atoms with Gasteiger partial charge in [-0.05, 0) is 34.5 Å². The fraction of sp³-hybridized carbons (Fsp3) is 0. The van der Waals surface area contributed by atoms with Crippen LogP contribution < -0.4 is 0 Å². The first-order chi connectivity index (χ1) is 9.66. The second kappa shape index (κ2) is 5.06. The van der Waals surface area contributed by atoms with Crippen molar-refractivity contribution < 1.29 is 4.92 Å². The third-order valence-corrected chi connectivity index (χ3v) is 3.68. The van der Waals surface area contributed by atoms with Gasteiger partial charge in [0, 0.05) is 10.5 Å². The quantitative estimate of drug-likeness (QED) is 0.481. The average molecular weight is 328 g/mol. The van der Waals surface area contributed by atoms with E-state index in [1.54, 1.807) is 12.1 Å². The van der Waals surface area contributed by atoms with Crippen LogP contribution in [0.5, 0.6) is 0 Å². The molecule has 0 N–H and O–H groups in total. The van der Waals surface area contributed by atoms with Gasteiger partial charge in [-0.25, -0.2) is 0 Å². The Kier molecular flexibility index (Phi) is 3.24. The first-order valence-electron chi connectivity index (χ1n) is 6.09. The van der Waals surface area contributed by atoms with Crippen molar-refractivity contribution in [2.45, 2.75) is 0 Å². The molecule has 3 aromatic rings. The van der Waals surface area contributed by atoms with E-state index in [2.05, 4.69) is 15.9 Å². The molecule has 3 nitrogen and oxygen atoms in total. The van der Waals surface area contributed by atoms with Gasteiger partial charge in [-0.15, -0.1) is 0 Å². The van der Waals surface area contributed by atoms with Crippen LogP contribution in [-0.4, -0.2) is 4.92 Å². The summed E-state index contributed by atoms with van der Waals surface area (Å²) in [5.74, 6) is 0. The van der Waals surface area contributed by atoms with Gasteiger partial charge in [0.2, 0.25) is 0 Å². The Morgan fingerprint density at radius 3 is 2.40 bits per heavy atom. The highest BCUT2D eigenvalue weighted by atomic mass is 79.9. The molecule has 3 aromatic carbocycles. The largest absolute Gasteiger partial charge is 0.277 e. The molecule has 0 atom stereocenters. The van der Waals surface area contributed by atoms with Crippen molar-refractivity contribution in [1.29, 1.82) is 0 Å². The van der Waals surface area contributed by atoms with Gasteiger partial charge in [0.25, 0.3) is 5.69 Å². The lowest BCUT2D eigenvalue weighted by Gasteiger charge is -2.08. The number of halogens is 1. The Morgan fingerprint density at radius 2 is 1.60 bits per heavy atom. The van der Waals surface area contributed by atoms with Crippen LogP contribution in [0.2, 0.25) is 0 Å². The van der Waals surface area contributed by atoms with Crippen LogP contribution in [-0.2, 0) is 0 Å². The molecule has 0 fully saturated rings. The maximum Gasteiger partial charge on any atom is 0.277 e. The van der Waals surface area contributed by atoms with Crippen molar-refractivity contribution >= 4 is 32.4 Å². The molecule has 3 rings (SSSR count). The van der Waals surface area contributed by atoms with Gasteiger partial charge in [0.15, 0.2) is 0 Å². The number of nitro groups is 1. The minimum atomic E-state index is -0.342. The number of para-hydroxylation sites is 1. The molecule has 98 valence electrons. The molecule has 0 heterocycles. The van der Waals surface area contributed by atoms with Crippen molar-refractivity contribution in [1.82, 2.24) is 0 Å². The number of nitro benzene ring substituents is 1. The molecule has 0 aliphatic heterocycles. The first-order valence-corrected chi connectivity index (χ1v) is 6.88. The summed E-state index contributed by atoms with van der Waals surface area (Å²) in [6.07, 6.45) is 0. The zero-order valence-electron chi connectivity index (χ0n) is 10.4. The lowest BCUT2D eigenvalue weighted by atomic mass is 9.97. The maximum atomic E-state index is 11.2. The molecule has 0 saturated carbocycles. The van der Waals surface area contributed by atoms with Crippen LogP contribution >= 0.6 is 15.9 Å². The van der Waals surface area contributed by atoms with E-state index in [9.17, 15) is 10.1 Å². The van der Waals surface area contributed by atoms with Crippen LogP contribution in [0.15, 0.2) is 65.1 Å². The minimum Gasteiger partial charge on any atom is -0.258 e. The lowest BCUT2D eigenvalue weighted by molar-refractivity contribution is -0.384. The molecule has 0 aliphatic rings. The summed E-state index contributed by atoms with van der Waals surface area (Å²) in [6, 6.07) is 18.6. The fourth-order valence-corrected chi connectivity index (χ4v) is 2.83. The van der Waals surface area contributed by atoms with Gasteiger partial charge >= 0.3 is 0 Å². The van der Waals surface area contributed by atoms with Crippen LogP contribution in [0.1, 0.15) is 0 Å². The maximum absolute atomic E-state index is 11.2. The summed E-state index contributed by atoms with van der Waals surface area (Å²) in [7, 11) is 0. The summed E-state index contributed by atoms with van der Waals surface area (Å²) < 4.78 is 0.907. The second-order valence-electron chi connectivity index (χ2n) is 4.45. The van der Waals surface area contributed by atoms with Gasteiger partial charge in [0.05, 0.1) is 10.5 Å². The zero-order chi connectivity index (χ0) is 14.1. The average Bonchev–Trinajstić information content (AvgIpc) is 2.46. The van der Waals surface area contributed by atoms with E-state index < -0.39 is 0 Å². The molecule has 0 aromatic heterocycles. The van der Waals surface area contributed by atoms with Crippen LogP contribution in [0.4, 0.5) is 5.69 Å². The Morgan fingerprint density at radius 1 is 0.900 bits per heavy atom. The normalized spacial score (nSPS) is 10.7. The summed E-state index contributed by atoms with van der Waals surface area (Å²) in [4.78, 5) is 10.9. The molecule has 0 unspecified atom stereocenters. The van der Waals surface area contributed by atoms with Crippen molar-refractivity contribution in [3.8, 4) is 11.1 Å². The Bertz CT molecular complexity index is 814. The summed E-state index contributed by atoms with van der Waals surface area (Å²) in [5.41, 5.74) is 1.62. The monoisotopic (exact) mass is 327 g/mol. The number of hydrogen-bond donors (Lipinski definition) is 0. The summed E-state index contributed by atoms with van der Waals surface area (Å²) in [6.45, 7) is 0. The van der Waals surface area contributed by atoms with E-state index >= 15 is 0 Å². The zero-order valence-corrected chi connectivity index (χ0v) is 12.0. The van der Waals surface area contributed by atoms with Crippen molar-refractivity contribution in [2.75, 3.05) is 0 Å². The van der Waals surface area contributed by atoms with Gasteiger partial charge in [-0.1, -0.05) is 52.3 Å². The molecular weight excluding hydrogens is 318 g/mol. The van der Waals surface area contributed by atoms with Gasteiger partial charge in [0.1, 0.15) is 0 Å². The Hall–Kier alpha value is -2.20. The van der Waals surface area contributed by atoms with Crippen molar-refractivity contribution in [3.63, 3.8) is 0 Å². The topological polar surface area (TPSA) is 43.1 Å². The van der Waals surface area contributed by atoms with E-state index in [0.717, 1.165) is 20.8 Å². The van der Waals surface area contributed by atoms with E-state index in [1.807, 2.05) is 42.5 Å². The Labute approximate surface area is 124 Å². The highest BCUT2D eigenvalue weighted by molar-refractivity contribution is 9.10. The molecule has 20 heavy (non-hydrogen) atoms. The highest BCUT2D eigenvalue weighted by Crippen LogP contribution is 2.36. The van der Waals surface area contributed by atoms with E-state index in [0.29, 0.717) is 5.56 Å². The third-order valence-electron chi connectivity index (χ3n) is 3.22. The smallest absolute Gasteiger partial charge is 0.258 e. The van der Waals surface area contributed by atoms with Crippen LogP contribution in [0.25, 0.3) is 21.9 Å². The molecule has 0 saturated heterocycles. The molecular formula is C16H10BrNO2. The molecule has 0 amide bonds. The molecule has 0 aliphatic carbocycles. The molecule has 0 spiro atoms. The molecule has 0 bridgehead atoms. The highest BCUT2D eigenvalue weighted by Gasteiger charge is 2.16. The fourth-order valence-electron chi connectivity index (χ4n) is 2.36. The van der Waals surface area contributed by atoms with E-state index in [-0.39, 0.29) is 10.6 Å². The van der Waals surface area contributed by atoms with Gasteiger partial charge < -0.3 is 0 Å². The Balaban J connectivity index is 2.38. The lowest BCUT2D eigenvalue weighted by Crippen LogP contribution is -1.92. The van der Waals surface area contributed by atoms with Crippen LogP contribution in [0, 0.1) is 10.1 Å².